The van der Waals surface area contributed by atoms with Gasteiger partial charge >= 0.3 is 0 Å². The highest BCUT2D eigenvalue weighted by Gasteiger charge is 2.69. The molecule has 1 aliphatic carbocycles. The van der Waals surface area contributed by atoms with Crippen molar-refractivity contribution >= 4 is 12.4 Å². The van der Waals surface area contributed by atoms with Crippen molar-refractivity contribution in [1.82, 2.24) is 5.32 Å². The van der Waals surface area contributed by atoms with E-state index in [9.17, 15) is 8.78 Å². The summed E-state index contributed by atoms with van der Waals surface area (Å²) >= 11 is 0. The molecule has 0 bridgehead atoms. The minimum atomic E-state index is -2.36. The zero-order valence-electron chi connectivity index (χ0n) is 7.72. The van der Waals surface area contributed by atoms with Gasteiger partial charge in [0.2, 0.25) is 0 Å². The molecule has 3 atom stereocenters. The zero-order chi connectivity index (χ0) is 8.77. The second-order valence-corrected chi connectivity index (χ2v) is 3.92. The quantitative estimate of drug-likeness (QED) is 0.740. The molecule has 13 heavy (non-hydrogen) atoms. The summed E-state index contributed by atoms with van der Waals surface area (Å²) < 4.78 is 26.1. The number of rotatable bonds is 2. The van der Waals surface area contributed by atoms with Crippen LogP contribution in [0.5, 0.6) is 0 Å². The molecule has 0 aromatic heterocycles. The average molecular weight is 212 g/mol. The van der Waals surface area contributed by atoms with E-state index in [-0.39, 0.29) is 30.3 Å². The van der Waals surface area contributed by atoms with Gasteiger partial charge in [-0.2, -0.15) is 0 Å². The first-order valence-electron chi connectivity index (χ1n) is 4.79. The lowest BCUT2D eigenvalue weighted by atomic mass is 10.1. The summed E-state index contributed by atoms with van der Waals surface area (Å²) in [6, 6.07) is 0.102. The van der Waals surface area contributed by atoms with E-state index in [0.29, 0.717) is 6.42 Å². The number of nitrogens with one attached hydrogen (secondary N) is 1. The fraction of sp³-hybridized carbons (Fsp3) is 1.00. The summed E-state index contributed by atoms with van der Waals surface area (Å²) in [7, 11) is 0. The summed E-state index contributed by atoms with van der Waals surface area (Å²) in [5.74, 6) is -3.06. The van der Waals surface area contributed by atoms with E-state index in [1.54, 1.807) is 0 Å². The Morgan fingerprint density at radius 3 is 2.54 bits per heavy atom. The predicted molar refractivity (Wildman–Crippen MR) is 50.5 cm³/mol. The third-order valence-corrected chi connectivity index (χ3v) is 3.23. The molecule has 4 heteroatoms. The van der Waals surface area contributed by atoms with E-state index < -0.39 is 5.92 Å². The maximum Gasteiger partial charge on any atom is 0.256 e. The highest BCUT2D eigenvalue weighted by atomic mass is 35.5. The van der Waals surface area contributed by atoms with Crippen molar-refractivity contribution in [2.75, 3.05) is 6.54 Å². The Morgan fingerprint density at radius 2 is 2.15 bits per heavy atom. The largest absolute Gasteiger partial charge is 0.313 e. The number of halogens is 3. The van der Waals surface area contributed by atoms with Gasteiger partial charge in [-0.1, -0.05) is 6.92 Å². The maximum absolute atomic E-state index is 13.1. The molecule has 1 saturated carbocycles. The van der Waals surface area contributed by atoms with Crippen LogP contribution >= 0.6 is 12.4 Å². The topological polar surface area (TPSA) is 12.0 Å². The molecule has 0 radical (unpaired) electrons. The third-order valence-electron chi connectivity index (χ3n) is 3.23. The van der Waals surface area contributed by atoms with Crippen molar-refractivity contribution in [2.24, 2.45) is 11.8 Å². The molecule has 1 heterocycles. The second kappa shape index (κ2) is 3.70. The molecule has 3 unspecified atom stereocenters. The Bertz CT molecular complexity index is 180. The molecule has 1 nitrogen and oxygen atoms in total. The van der Waals surface area contributed by atoms with Gasteiger partial charge < -0.3 is 5.32 Å². The van der Waals surface area contributed by atoms with Gasteiger partial charge in [-0.3, -0.25) is 0 Å². The standard InChI is InChI=1S/C9H15F2N.ClH/c1-2-6-8(9(6,10)11)7-4-3-5-12-7;/h6-8,12H,2-5H2,1H3;1H. The van der Waals surface area contributed by atoms with Crippen LogP contribution in [0.3, 0.4) is 0 Å². The molecule has 2 aliphatic rings. The van der Waals surface area contributed by atoms with Gasteiger partial charge in [0.25, 0.3) is 5.92 Å². The molecule has 1 aliphatic heterocycles. The Balaban J connectivity index is 0.000000845. The van der Waals surface area contributed by atoms with Crippen molar-refractivity contribution in [1.29, 1.82) is 0 Å². The van der Waals surface area contributed by atoms with Crippen LogP contribution in [0.15, 0.2) is 0 Å². The van der Waals surface area contributed by atoms with Crippen LogP contribution in [0.4, 0.5) is 8.78 Å². The monoisotopic (exact) mass is 211 g/mol. The summed E-state index contributed by atoms with van der Waals surface area (Å²) in [6.45, 7) is 2.78. The first-order valence-corrected chi connectivity index (χ1v) is 4.79. The van der Waals surface area contributed by atoms with Gasteiger partial charge in [-0.25, -0.2) is 8.78 Å². The van der Waals surface area contributed by atoms with Gasteiger partial charge in [0, 0.05) is 17.9 Å². The van der Waals surface area contributed by atoms with Crippen LogP contribution in [0.2, 0.25) is 0 Å². The van der Waals surface area contributed by atoms with Crippen molar-refractivity contribution in [3.05, 3.63) is 0 Å². The van der Waals surface area contributed by atoms with Crippen LogP contribution in [0.25, 0.3) is 0 Å². The van der Waals surface area contributed by atoms with Crippen LogP contribution in [-0.4, -0.2) is 18.5 Å². The SMILES string of the molecule is CCC1C(C2CCCN2)C1(F)F.Cl. The zero-order valence-corrected chi connectivity index (χ0v) is 8.54. The molecule has 1 saturated heterocycles. The fourth-order valence-corrected chi connectivity index (χ4v) is 2.51. The second-order valence-electron chi connectivity index (χ2n) is 3.92. The Morgan fingerprint density at radius 1 is 1.46 bits per heavy atom. The van der Waals surface area contributed by atoms with Crippen LogP contribution in [-0.2, 0) is 0 Å². The summed E-state index contributed by atoms with van der Waals surface area (Å²) in [5, 5.41) is 3.16. The lowest BCUT2D eigenvalue weighted by Gasteiger charge is -2.07. The van der Waals surface area contributed by atoms with Crippen molar-refractivity contribution in [3.63, 3.8) is 0 Å². The Kier molecular flexibility index (Phi) is 3.18. The normalized spacial score (nSPS) is 41.3. The Hall–Kier alpha value is 0.110. The van der Waals surface area contributed by atoms with E-state index in [2.05, 4.69) is 5.32 Å². The van der Waals surface area contributed by atoms with Crippen LogP contribution < -0.4 is 5.32 Å². The molecule has 2 rings (SSSR count). The summed E-state index contributed by atoms with van der Waals surface area (Å²) in [4.78, 5) is 0. The van der Waals surface area contributed by atoms with Gasteiger partial charge in [-0.15, -0.1) is 12.4 Å². The molecule has 78 valence electrons. The molecular formula is C9H16ClF2N. The smallest absolute Gasteiger partial charge is 0.256 e. The summed E-state index contributed by atoms with van der Waals surface area (Å²) in [6.07, 6.45) is 2.63. The number of hydrogen-bond acceptors (Lipinski definition) is 1. The number of hydrogen-bond donors (Lipinski definition) is 1. The van der Waals surface area contributed by atoms with E-state index in [4.69, 9.17) is 0 Å². The first kappa shape index (κ1) is 11.2. The maximum atomic E-state index is 13.1. The third kappa shape index (κ3) is 1.68. The van der Waals surface area contributed by atoms with Crippen LogP contribution in [0.1, 0.15) is 26.2 Å². The molecule has 0 aromatic carbocycles. The first-order chi connectivity index (χ1) is 5.68. The number of alkyl halides is 2. The Labute approximate surface area is 83.7 Å². The van der Waals surface area contributed by atoms with E-state index in [1.807, 2.05) is 6.92 Å². The van der Waals surface area contributed by atoms with Gasteiger partial charge in [0.1, 0.15) is 0 Å². The lowest BCUT2D eigenvalue weighted by molar-refractivity contribution is 0.0782. The molecule has 0 aromatic rings. The lowest BCUT2D eigenvalue weighted by Crippen LogP contribution is -2.26. The molecule has 0 amide bonds. The van der Waals surface area contributed by atoms with Gasteiger partial charge in [0.15, 0.2) is 0 Å². The van der Waals surface area contributed by atoms with Crippen molar-refractivity contribution < 1.29 is 8.78 Å². The molecule has 2 fully saturated rings. The fourth-order valence-electron chi connectivity index (χ4n) is 2.51. The molecular weight excluding hydrogens is 196 g/mol. The predicted octanol–water partition coefficient (Wildman–Crippen LogP) is 2.45. The molecule has 1 N–H and O–H groups in total. The van der Waals surface area contributed by atoms with Crippen molar-refractivity contribution in [3.8, 4) is 0 Å². The highest BCUT2D eigenvalue weighted by Crippen LogP contribution is 2.59. The van der Waals surface area contributed by atoms with E-state index in [0.717, 1.165) is 19.4 Å². The molecule has 0 spiro atoms. The minimum absolute atomic E-state index is 0. The van der Waals surface area contributed by atoms with Gasteiger partial charge in [-0.05, 0) is 25.8 Å². The van der Waals surface area contributed by atoms with Gasteiger partial charge in [0.05, 0.1) is 0 Å². The minimum Gasteiger partial charge on any atom is -0.313 e. The van der Waals surface area contributed by atoms with Crippen molar-refractivity contribution in [2.45, 2.75) is 38.2 Å². The summed E-state index contributed by atoms with van der Waals surface area (Å²) in [5.41, 5.74) is 0. The van der Waals surface area contributed by atoms with E-state index in [1.165, 1.54) is 0 Å². The highest BCUT2D eigenvalue weighted by molar-refractivity contribution is 5.85. The van der Waals surface area contributed by atoms with E-state index >= 15 is 0 Å². The van der Waals surface area contributed by atoms with Crippen LogP contribution in [0, 0.1) is 11.8 Å². The average Bonchev–Trinajstić information content (AvgIpc) is 2.50.